The number of para-hydroxylation sites is 1. The molecule has 5 nitrogen and oxygen atoms in total. The van der Waals surface area contributed by atoms with Gasteiger partial charge in [0, 0.05) is 22.5 Å². The van der Waals surface area contributed by atoms with Gasteiger partial charge in [-0.2, -0.15) is 4.99 Å². The van der Waals surface area contributed by atoms with Crippen LogP contribution in [0.1, 0.15) is 24.3 Å². The molecule has 1 aliphatic heterocycles. The lowest BCUT2D eigenvalue weighted by Gasteiger charge is -2.04. The van der Waals surface area contributed by atoms with Crippen LogP contribution < -0.4 is 5.43 Å². The maximum absolute atomic E-state index is 12.7. The number of H-pyrrole nitrogens is 1. The molecule has 0 fully saturated rings. The highest BCUT2D eigenvalue weighted by atomic mass is 32.1. The summed E-state index contributed by atoms with van der Waals surface area (Å²) < 4.78 is 5.74. The topological polar surface area (TPSA) is 67.3 Å². The number of aliphatic imine (C=N–C) groups is 1. The molecule has 3 aromatic rings. The number of hydrogen-bond acceptors (Lipinski definition) is 5. The molecule has 0 bridgehead atoms. The van der Waals surface area contributed by atoms with Crippen LogP contribution >= 0.6 is 11.3 Å². The van der Waals surface area contributed by atoms with E-state index in [1.807, 2.05) is 30.5 Å². The lowest BCUT2D eigenvalue weighted by Crippen LogP contribution is -2.15. The van der Waals surface area contributed by atoms with Crippen molar-refractivity contribution < 1.29 is 4.74 Å². The smallest absolute Gasteiger partial charge is 0.230 e. The summed E-state index contributed by atoms with van der Waals surface area (Å²) in [4.78, 5) is 24.5. The molecule has 0 radical (unpaired) electrons. The van der Waals surface area contributed by atoms with Crippen molar-refractivity contribution >= 4 is 33.3 Å². The summed E-state index contributed by atoms with van der Waals surface area (Å²) in [5, 5.41) is 3.06. The van der Waals surface area contributed by atoms with Crippen LogP contribution in [0.3, 0.4) is 0 Å². The Morgan fingerprint density at radius 2 is 2.24 bits per heavy atom. The first-order valence-electron chi connectivity index (χ1n) is 6.54. The molecule has 6 heteroatoms. The molecule has 0 saturated heterocycles. The fourth-order valence-corrected chi connectivity index (χ4v) is 3.00. The molecule has 21 heavy (non-hydrogen) atoms. The molecule has 2 aromatic heterocycles. The number of pyridine rings is 1. The third-order valence-corrected chi connectivity index (χ3v) is 4.13. The molecule has 4 rings (SSSR count). The Labute approximate surface area is 124 Å². The summed E-state index contributed by atoms with van der Waals surface area (Å²) in [6.45, 7) is 1.90. The summed E-state index contributed by atoms with van der Waals surface area (Å²) in [7, 11) is 0. The van der Waals surface area contributed by atoms with E-state index >= 15 is 0 Å². The van der Waals surface area contributed by atoms with E-state index in [1.165, 1.54) is 11.3 Å². The number of fused-ring (bicyclic) bond motifs is 2. The third-order valence-electron chi connectivity index (χ3n) is 3.46. The van der Waals surface area contributed by atoms with Gasteiger partial charge in [0.15, 0.2) is 0 Å². The molecule has 1 N–H and O–H groups in total. The average molecular weight is 297 g/mol. The van der Waals surface area contributed by atoms with Gasteiger partial charge in [-0.1, -0.05) is 12.1 Å². The number of hydrogen-bond donors (Lipinski definition) is 1. The van der Waals surface area contributed by atoms with Crippen molar-refractivity contribution in [2.75, 3.05) is 0 Å². The molecular weight excluding hydrogens is 286 g/mol. The van der Waals surface area contributed by atoms with Crippen molar-refractivity contribution in [2.45, 2.75) is 13.0 Å². The number of nitrogens with zero attached hydrogens (tertiary/aromatic N) is 2. The standard InChI is InChI=1S/C15H11N3O2S/c1-8-12-11(14(20-8)18-15-16-6-7-21-15)13(19)9-4-2-3-5-10(9)17-12/h2-8H,1H3,(H,17,19). The van der Waals surface area contributed by atoms with E-state index in [4.69, 9.17) is 4.74 Å². The molecule has 1 unspecified atom stereocenters. The zero-order valence-corrected chi connectivity index (χ0v) is 12.0. The van der Waals surface area contributed by atoms with Gasteiger partial charge in [-0.25, -0.2) is 4.98 Å². The second-order valence-electron chi connectivity index (χ2n) is 4.78. The van der Waals surface area contributed by atoms with Gasteiger partial charge in [0.1, 0.15) is 11.7 Å². The minimum atomic E-state index is -0.226. The van der Waals surface area contributed by atoms with Gasteiger partial charge in [-0.3, -0.25) is 4.79 Å². The first kappa shape index (κ1) is 12.3. The summed E-state index contributed by atoms with van der Waals surface area (Å²) >= 11 is 1.40. The minimum absolute atomic E-state index is 0.0565. The van der Waals surface area contributed by atoms with E-state index in [2.05, 4.69) is 15.0 Å². The molecule has 0 aliphatic carbocycles. The summed E-state index contributed by atoms with van der Waals surface area (Å²) in [6, 6.07) is 7.44. The van der Waals surface area contributed by atoms with E-state index in [-0.39, 0.29) is 11.5 Å². The first-order chi connectivity index (χ1) is 10.2. The number of thiazole rings is 1. The normalized spacial score (nSPS) is 18.9. The highest BCUT2D eigenvalue weighted by molar-refractivity contribution is 7.13. The Balaban J connectivity index is 2.01. The van der Waals surface area contributed by atoms with Crippen LogP contribution in [0, 0.1) is 0 Å². The van der Waals surface area contributed by atoms with Crippen molar-refractivity contribution in [3.8, 4) is 0 Å². The predicted molar refractivity (Wildman–Crippen MR) is 82.4 cm³/mol. The maximum Gasteiger partial charge on any atom is 0.230 e. The fraction of sp³-hybridized carbons (Fsp3) is 0.133. The molecule has 0 amide bonds. The Morgan fingerprint density at radius 3 is 3.05 bits per heavy atom. The SMILES string of the molecule is CC1OC(=Nc2nccs2)c2c1[nH]c1ccccc1c2=O. The molecule has 0 spiro atoms. The highest BCUT2D eigenvalue weighted by Crippen LogP contribution is 2.30. The molecule has 1 atom stereocenters. The molecule has 0 saturated carbocycles. The second-order valence-corrected chi connectivity index (χ2v) is 5.65. The Morgan fingerprint density at radius 1 is 1.38 bits per heavy atom. The zero-order valence-electron chi connectivity index (χ0n) is 11.2. The molecule has 3 heterocycles. The van der Waals surface area contributed by atoms with Crippen molar-refractivity contribution in [1.82, 2.24) is 9.97 Å². The number of aromatic nitrogens is 2. The van der Waals surface area contributed by atoms with Gasteiger partial charge in [-0.15, -0.1) is 11.3 Å². The van der Waals surface area contributed by atoms with Crippen LogP contribution in [0.5, 0.6) is 0 Å². The molecule has 1 aliphatic rings. The summed E-state index contributed by atoms with van der Waals surface area (Å²) in [6.07, 6.45) is 1.45. The Bertz CT molecular complexity index is 912. The lowest BCUT2D eigenvalue weighted by molar-refractivity contribution is 0.228. The fourth-order valence-electron chi connectivity index (χ4n) is 2.50. The van der Waals surface area contributed by atoms with E-state index in [9.17, 15) is 4.79 Å². The van der Waals surface area contributed by atoms with Crippen molar-refractivity contribution in [3.05, 3.63) is 57.3 Å². The van der Waals surface area contributed by atoms with Crippen LogP contribution in [-0.4, -0.2) is 15.9 Å². The second kappa shape index (κ2) is 4.53. The van der Waals surface area contributed by atoms with E-state index in [1.54, 1.807) is 12.3 Å². The zero-order chi connectivity index (χ0) is 14.4. The van der Waals surface area contributed by atoms with Gasteiger partial charge >= 0.3 is 0 Å². The maximum atomic E-state index is 12.7. The van der Waals surface area contributed by atoms with Crippen LogP contribution in [0.2, 0.25) is 0 Å². The van der Waals surface area contributed by atoms with Gasteiger partial charge in [0.2, 0.25) is 16.5 Å². The van der Waals surface area contributed by atoms with Crippen LogP contribution in [-0.2, 0) is 4.74 Å². The van der Waals surface area contributed by atoms with E-state index in [0.29, 0.717) is 22.0 Å². The van der Waals surface area contributed by atoms with Gasteiger partial charge < -0.3 is 9.72 Å². The number of aromatic amines is 1. The molecule has 104 valence electrons. The Hall–Kier alpha value is -2.47. The molecular formula is C15H11N3O2S. The van der Waals surface area contributed by atoms with Crippen LogP contribution in [0.25, 0.3) is 10.9 Å². The van der Waals surface area contributed by atoms with Gasteiger partial charge in [0.05, 0.1) is 5.69 Å². The quantitative estimate of drug-likeness (QED) is 0.750. The van der Waals surface area contributed by atoms with Crippen molar-refractivity contribution in [2.24, 2.45) is 4.99 Å². The highest BCUT2D eigenvalue weighted by Gasteiger charge is 2.31. The van der Waals surface area contributed by atoms with Crippen molar-refractivity contribution in [3.63, 3.8) is 0 Å². The summed E-state index contributed by atoms with van der Waals surface area (Å²) in [5.41, 5.74) is 2.04. The minimum Gasteiger partial charge on any atom is -0.468 e. The molecule has 1 aromatic carbocycles. The largest absolute Gasteiger partial charge is 0.468 e. The predicted octanol–water partition coefficient (Wildman–Crippen LogP) is 3.15. The first-order valence-corrected chi connectivity index (χ1v) is 7.42. The number of rotatable bonds is 1. The van der Waals surface area contributed by atoms with Gasteiger partial charge in [0.25, 0.3) is 0 Å². The lowest BCUT2D eigenvalue weighted by atomic mass is 10.1. The number of ether oxygens (including phenoxy) is 1. The number of benzene rings is 1. The average Bonchev–Trinajstić information content (AvgIpc) is 3.09. The van der Waals surface area contributed by atoms with Gasteiger partial charge in [-0.05, 0) is 19.1 Å². The van der Waals surface area contributed by atoms with E-state index in [0.717, 1.165) is 11.2 Å². The van der Waals surface area contributed by atoms with E-state index < -0.39 is 0 Å². The van der Waals surface area contributed by atoms with Crippen LogP contribution in [0.15, 0.2) is 45.6 Å². The summed E-state index contributed by atoms with van der Waals surface area (Å²) in [5.74, 6) is 0.347. The van der Waals surface area contributed by atoms with Crippen molar-refractivity contribution in [1.29, 1.82) is 0 Å². The Kier molecular flexibility index (Phi) is 2.65. The van der Waals surface area contributed by atoms with Crippen LogP contribution in [0.4, 0.5) is 5.13 Å². The number of nitrogens with one attached hydrogen (secondary N) is 1. The monoisotopic (exact) mass is 297 g/mol. The third kappa shape index (κ3) is 1.87.